The molecule has 3 amide bonds. The van der Waals surface area contributed by atoms with Crippen LogP contribution >= 0.6 is 0 Å². The molecular formula is C24H24N2O5. The monoisotopic (exact) mass is 420 g/mol. The average Bonchev–Trinajstić information content (AvgIpc) is 3.04. The Morgan fingerprint density at radius 3 is 2.13 bits per heavy atom. The maximum atomic E-state index is 12.7. The minimum absolute atomic E-state index is 0.0180. The molecule has 0 aliphatic carbocycles. The van der Waals surface area contributed by atoms with Gasteiger partial charge >= 0.3 is 5.97 Å². The number of carbonyl (C=O) groups excluding carboxylic acids is 4. The summed E-state index contributed by atoms with van der Waals surface area (Å²) in [6.07, 6.45) is 1.06. The molecule has 2 heterocycles. The number of piperidine rings is 1. The minimum Gasteiger partial charge on any atom is -0.464 e. The summed E-state index contributed by atoms with van der Waals surface area (Å²) in [4.78, 5) is 52.7. The molecular weight excluding hydrogens is 396 g/mol. The Bertz CT molecular complexity index is 1000. The van der Waals surface area contributed by atoms with Crippen LogP contribution in [0, 0.1) is 12.8 Å². The molecule has 31 heavy (non-hydrogen) atoms. The third kappa shape index (κ3) is 4.08. The van der Waals surface area contributed by atoms with Crippen molar-refractivity contribution in [3.63, 3.8) is 0 Å². The van der Waals surface area contributed by atoms with E-state index < -0.39 is 0 Å². The first kappa shape index (κ1) is 20.8. The zero-order valence-electron chi connectivity index (χ0n) is 17.4. The highest BCUT2D eigenvalue weighted by molar-refractivity contribution is 6.21. The Morgan fingerprint density at radius 2 is 1.52 bits per heavy atom. The molecule has 2 aliphatic heterocycles. The number of carbonyl (C=O) groups is 4. The van der Waals surface area contributed by atoms with Crippen LogP contribution in [0.15, 0.2) is 48.5 Å². The van der Waals surface area contributed by atoms with E-state index in [0.29, 0.717) is 42.6 Å². The summed E-state index contributed by atoms with van der Waals surface area (Å²) in [5.41, 5.74) is 2.38. The summed E-state index contributed by atoms with van der Waals surface area (Å²) in [5, 5.41) is 0. The van der Waals surface area contributed by atoms with Crippen LogP contribution in [0.5, 0.6) is 0 Å². The van der Waals surface area contributed by atoms with Gasteiger partial charge in [0.2, 0.25) is 0 Å². The lowest BCUT2D eigenvalue weighted by molar-refractivity contribution is -0.150. The van der Waals surface area contributed by atoms with Crippen LogP contribution in [-0.2, 0) is 9.53 Å². The van der Waals surface area contributed by atoms with E-state index in [4.69, 9.17) is 4.74 Å². The van der Waals surface area contributed by atoms with Crippen LogP contribution < -0.4 is 0 Å². The first-order chi connectivity index (χ1) is 15.0. The van der Waals surface area contributed by atoms with E-state index in [1.807, 2.05) is 31.2 Å². The number of aryl methyl sites for hydroxylation is 1. The number of hydrogen-bond donors (Lipinski definition) is 0. The zero-order chi connectivity index (χ0) is 22.0. The number of rotatable bonds is 5. The Morgan fingerprint density at radius 1 is 0.935 bits per heavy atom. The van der Waals surface area contributed by atoms with Crippen molar-refractivity contribution < 1.29 is 23.9 Å². The fourth-order valence-corrected chi connectivity index (χ4v) is 4.10. The van der Waals surface area contributed by atoms with Crippen LogP contribution in [0.1, 0.15) is 49.5 Å². The van der Waals surface area contributed by atoms with Gasteiger partial charge in [-0.2, -0.15) is 0 Å². The van der Waals surface area contributed by atoms with E-state index in [-0.39, 0.29) is 42.8 Å². The number of likely N-dealkylation sites (tertiary alicyclic amines) is 1. The van der Waals surface area contributed by atoms with Crippen LogP contribution in [0.2, 0.25) is 0 Å². The third-order valence-corrected chi connectivity index (χ3v) is 5.93. The SMILES string of the molecule is Cc1ccccc1C(=O)N1CCC(C(=O)OCCN2C(=O)c3ccccc3C2=O)CC1. The van der Waals surface area contributed by atoms with Crippen LogP contribution in [-0.4, -0.2) is 59.7 Å². The third-order valence-electron chi connectivity index (χ3n) is 5.93. The molecule has 0 aromatic heterocycles. The second kappa shape index (κ2) is 8.71. The number of ether oxygens (including phenoxy) is 1. The largest absolute Gasteiger partial charge is 0.464 e. The molecule has 1 saturated heterocycles. The molecule has 4 rings (SSSR count). The van der Waals surface area contributed by atoms with E-state index in [1.165, 1.54) is 0 Å². The van der Waals surface area contributed by atoms with E-state index in [2.05, 4.69) is 0 Å². The Labute approximate surface area is 180 Å². The molecule has 0 unspecified atom stereocenters. The van der Waals surface area contributed by atoms with Crippen molar-refractivity contribution in [2.75, 3.05) is 26.2 Å². The molecule has 0 radical (unpaired) electrons. The van der Waals surface area contributed by atoms with Gasteiger partial charge in [0, 0.05) is 18.7 Å². The van der Waals surface area contributed by atoms with Gasteiger partial charge in [-0.05, 0) is 43.5 Å². The van der Waals surface area contributed by atoms with E-state index in [1.54, 1.807) is 29.2 Å². The summed E-state index contributed by atoms with van der Waals surface area (Å²) in [6.45, 7) is 2.89. The van der Waals surface area contributed by atoms with Gasteiger partial charge < -0.3 is 9.64 Å². The Hall–Kier alpha value is -3.48. The molecule has 2 aromatic rings. The first-order valence-electron chi connectivity index (χ1n) is 10.4. The minimum atomic E-state index is -0.361. The number of hydrogen-bond acceptors (Lipinski definition) is 5. The highest BCUT2D eigenvalue weighted by Gasteiger charge is 2.35. The normalized spacial score (nSPS) is 16.4. The van der Waals surface area contributed by atoms with Gasteiger partial charge in [0.1, 0.15) is 6.61 Å². The molecule has 7 nitrogen and oxygen atoms in total. The van der Waals surface area contributed by atoms with Gasteiger partial charge in [-0.1, -0.05) is 30.3 Å². The van der Waals surface area contributed by atoms with Gasteiger partial charge in [-0.3, -0.25) is 24.1 Å². The van der Waals surface area contributed by atoms with Gasteiger partial charge in [0.05, 0.1) is 23.6 Å². The molecule has 0 saturated carbocycles. The fourth-order valence-electron chi connectivity index (χ4n) is 4.10. The summed E-state index contributed by atoms with van der Waals surface area (Å²) in [6, 6.07) is 14.1. The number of imide groups is 1. The smallest absolute Gasteiger partial charge is 0.309 e. The molecule has 0 spiro atoms. The maximum Gasteiger partial charge on any atom is 0.309 e. The predicted octanol–water partition coefficient (Wildman–Crippen LogP) is 2.69. The summed E-state index contributed by atoms with van der Waals surface area (Å²) in [5.74, 6) is -1.38. The lowest BCUT2D eigenvalue weighted by atomic mass is 9.96. The number of esters is 1. The number of nitrogens with zero attached hydrogens (tertiary/aromatic N) is 2. The van der Waals surface area contributed by atoms with Crippen LogP contribution in [0.25, 0.3) is 0 Å². The summed E-state index contributed by atoms with van der Waals surface area (Å²) < 4.78 is 5.35. The van der Waals surface area contributed by atoms with Gasteiger partial charge in [-0.25, -0.2) is 0 Å². The molecule has 1 fully saturated rings. The van der Waals surface area contributed by atoms with E-state index >= 15 is 0 Å². The molecule has 160 valence electrons. The van der Waals surface area contributed by atoms with Crippen molar-refractivity contribution in [1.29, 1.82) is 0 Å². The highest BCUT2D eigenvalue weighted by atomic mass is 16.5. The topological polar surface area (TPSA) is 84.0 Å². The lowest BCUT2D eigenvalue weighted by Gasteiger charge is -2.31. The Balaban J connectivity index is 1.25. The zero-order valence-corrected chi connectivity index (χ0v) is 17.4. The maximum absolute atomic E-state index is 12.7. The van der Waals surface area contributed by atoms with Gasteiger partial charge in [-0.15, -0.1) is 0 Å². The Kier molecular flexibility index (Phi) is 5.84. The second-order valence-corrected chi connectivity index (χ2v) is 7.86. The molecule has 0 atom stereocenters. The van der Waals surface area contributed by atoms with Crippen molar-refractivity contribution in [1.82, 2.24) is 9.80 Å². The van der Waals surface area contributed by atoms with Crippen LogP contribution in [0.4, 0.5) is 0 Å². The first-order valence-corrected chi connectivity index (χ1v) is 10.4. The number of amides is 3. The van der Waals surface area contributed by atoms with E-state index in [9.17, 15) is 19.2 Å². The predicted molar refractivity (Wildman–Crippen MR) is 113 cm³/mol. The van der Waals surface area contributed by atoms with Crippen molar-refractivity contribution >= 4 is 23.7 Å². The molecule has 2 aromatic carbocycles. The fraction of sp³-hybridized carbons (Fsp3) is 0.333. The molecule has 2 aliphatic rings. The van der Waals surface area contributed by atoms with Gasteiger partial charge in [0.25, 0.3) is 17.7 Å². The van der Waals surface area contributed by atoms with Crippen molar-refractivity contribution in [3.8, 4) is 0 Å². The van der Waals surface area contributed by atoms with Crippen molar-refractivity contribution in [3.05, 3.63) is 70.8 Å². The molecule has 0 N–H and O–H groups in total. The standard InChI is InChI=1S/C24H24N2O5/c1-16-6-2-3-7-18(16)21(27)25-12-10-17(11-13-25)24(30)31-15-14-26-22(28)19-8-4-5-9-20(19)23(26)29/h2-9,17H,10-15H2,1H3. The molecule has 0 bridgehead atoms. The van der Waals surface area contributed by atoms with Crippen molar-refractivity contribution in [2.24, 2.45) is 5.92 Å². The second-order valence-electron chi connectivity index (χ2n) is 7.86. The van der Waals surface area contributed by atoms with Gasteiger partial charge in [0.15, 0.2) is 0 Å². The summed E-state index contributed by atoms with van der Waals surface area (Å²) in [7, 11) is 0. The highest BCUT2D eigenvalue weighted by Crippen LogP contribution is 2.23. The quantitative estimate of drug-likeness (QED) is 0.549. The van der Waals surface area contributed by atoms with Crippen molar-refractivity contribution in [2.45, 2.75) is 19.8 Å². The lowest BCUT2D eigenvalue weighted by Crippen LogP contribution is -2.41. The summed E-state index contributed by atoms with van der Waals surface area (Å²) >= 11 is 0. The number of benzene rings is 2. The van der Waals surface area contributed by atoms with Crippen LogP contribution in [0.3, 0.4) is 0 Å². The average molecular weight is 420 g/mol. The number of fused-ring (bicyclic) bond motifs is 1. The van der Waals surface area contributed by atoms with E-state index in [0.717, 1.165) is 10.5 Å². The molecule has 7 heteroatoms.